The molecule has 3 unspecified atom stereocenters. The van der Waals surface area contributed by atoms with Crippen molar-refractivity contribution in [3.05, 3.63) is 0 Å². The average Bonchev–Trinajstić information content (AvgIpc) is 2.27. The Bertz CT molecular complexity index is 283. The molecule has 1 aliphatic rings. The molecule has 1 aliphatic carbocycles. The molecule has 3 atom stereocenters. The molecule has 1 fully saturated rings. The number of carbonyl (C=O) groups excluding carboxylic acids is 2. The van der Waals surface area contributed by atoms with Crippen molar-refractivity contribution in [3.63, 3.8) is 0 Å². The summed E-state index contributed by atoms with van der Waals surface area (Å²) >= 11 is 0. The maximum atomic E-state index is 11.8. The van der Waals surface area contributed by atoms with E-state index < -0.39 is 6.09 Å². The Morgan fingerprint density at radius 1 is 1.41 bits per heavy atom. The second kappa shape index (κ2) is 6.44. The molecular weight excluding hydrogens is 222 g/mol. The van der Waals surface area contributed by atoms with Gasteiger partial charge in [0.05, 0.1) is 12.5 Å². The molecule has 1 rings (SSSR count). The van der Waals surface area contributed by atoms with Gasteiger partial charge in [0.2, 0.25) is 5.91 Å². The third-order valence-electron chi connectivity index (χ3n) is 3.15. The zero-order chi connectivity index (χ0) is 12.8. The zero-order valence-electron chi connectivity index (χ0n) is 10.1. The van der Waals surface area contributed by atoms with E-state index in [2.05, 4.69) is 17.0 Å². The number of nitrogens with two attached hydrogens (primary N) is 2. The number of nitrogens with one attached hydrogen (secondary N) is 1. The van der Waals surface area contributed by atoms with Gasteiger partial charge in [-0.2, -0.15) is 0 Å². The van der Waals surface area contributed by atoms with Crippen LogP contribution in [-0.2, 0) is 9.53 Å². The summed E-state index contributed by atoms with van der Waals surface area (Å²) in [5.74, 6) is 0.344. The van der Waals surface area contributed by atoms with Crippen LogP contribution in [0.2, 0.25) is 0 Å². The summed E-state index contributed by atoms with van der Waals surface area (Å²) in [4.78, 5) is 22.1. The highest BCUT2D eigenvalue weighted by Gasteiger charge is 2.31. The van der Waals surface area contributed by atoms with Crippen LogP contribution in [0.1, 0.15) is 26.2 Å². The lowest BCUT2D eigenvalue weighted by Crippen LogP contribution is -2.46. The van der Waals surface area contributed by atoms with Crippen LogP contribution in [0.15, 0.2) is 0 Å². The molecule has 5 N–H and O–H groups in total. The van der Waals surface area contributed by atoms with Crippen molar-refractivity contribution >= 4 is 12.0 Å². The molecule has 0 bridgehead atoms. The highest BCUT2D eigenvalue weighted by Crippen LogP contribution is 2.27. The quantitative estimate of drug-likeness (QED) is 0.602. The Morgan fingerprint density at radius 2 is 2.12 bits per heavy atom. The van der Waals surface area contributed by atoms with Crippen molar-refractivity contribution in [2.24, 2.45) is 23.3 Å². The van der Waals surface area contributed by atoms with Crippen LogP contribution in [0.25, 0.3) is 0 Å². The van der Waals surface area contributed by atoms with Crippen LogP contribution in [-0.4, -0.2) is 31.2 Å². The standard InChI is InChI=1S/C11H21N3O3/c1-7-2-3-9(12)8(6-7)10(15)14-4-5-17-11(13)16/h7-9H,2-6,12H2,1H3,(H2,13,16)(H,14,15). The van der Waals surface area contributed by atoms with Crippen LogP contribution in [0.4, 0.5) is 4.79 Å². The Hall–Kier alpha value is -1.30. The maximum absolute atomic E-state index is 11.8. The zero-order valence-corrected chi connectivity index (χ0v) is 10.1. The molecule has 2 amide bonds. The predicted molar refractivity (Wildman–Crippen MR) is 63.0 cm³/mol. The molecular formula is C11H21N3O3. The van der Waals surface area contributed by atoms with Crippen molar-refractivity contribution < 1.29 is 14.3 Å². The third kappa shape index (κ3) is 4.60. The number of primary amides is 1. The molecule has 0 saturated heterocycles. The number of ether oxygens (including phenoxy) is 1. The fourth-order valence-electron chi connectivity index (χ4n) is 2.16. The van der Waals surface area contributed by atoms with Crippen LogP contribution < -0.4 is 16.8 Å². The summed E-state index contributed by atoms with van der Waals surface area (Å²) in [6.45, 7) is 2.50. The van der Waals surface area contributed by atoms with Gasteiger partial charge >= 0.3 is 6.09 Å². The highest BCUT2D eigenvalue weighted by molar-refractivity contribution is 5.79. The van der Waals surface area contributed by atoms with Crippen molar-refractivity contribution in [2.45, 2.75) is 32.2 Å². The smallest absolute Gasteiger partial charge is 0.404 e. The van der Waals surface area contributed by atoms with Gasteiger partial charge in [-0.15, -0.1) is 0 Å². The summed E-state index contributed by atoms with van der Waals surface area (Å²) in [5.41, 5.74) is 10.7. The summed E-state index contributed by atoms with van der Waals surface area (Å²) in [6, 6.07) is -0.0664. The molecule has 98 valence electrons. The first-order valence-electron chi connectivity index (χ1n) is 5.96. The Labute approximate surface area is 101 Å². The van der Waals surface area contributed by atoms with Gasteiger partial charge in [0.25, 0.3) is 0 Å². The Morgan fingerprint density at radius 3 is 2.76 bits per heavy atom. The molecule has 0 aromatic heterocycles. The van der Waals surface area contributed by atoms with Gasteiger partial charge < -0.3 is 21.5 Å². The van der Waals surface area contributed by atoms with Gasteiger partial charge in [-0.1, -0.05) is 6.92 Å². The van der Waals surface area contributed by atoms with Gasteiger partial charge in [-0.05, 0) is 25.2 Å². The van der Waals surface area contributed by atoms with Crippen molar-refractivity contribution in [1.29, 1.82) is 0 Å². The van der Waals surface area contributed by atoms with E-state index in [1.165, 1.54) is 0 Å². The number of hydrogen-bond acceptors (Lipinski definition) is 4. The largest absolute Gasteiger partial charge is 0.448 e. The van der Waals surface area contributed by atoms with Crippen LogP contribution in [0.3, 0.4) is 0 Å². The Balaban J connectivity index is 2.28. The first-order chi connectivity index (χ1) is 8.00. The number of carbonyl (C=O) groups is 2. The number of amides is 2. The normalized spacial score (nSPS) is 28.5. The van der Waals surface area contributed by atoms with E-state index in [-0.39, 0.29) is 31.0 Å². The second-order valence-electron chi connectivity index (χ2n) is 4.65. The number of hydrogen-bond donors (Lipinski definition) is 3. The molecule has 0 heterocycles. The first kappa shape index (κ1) is 13.8. The molecule has 0 aromatic carbocycles. The minimum atomic E-state index is -0.831. The minimum absolute atomic E-state index is 0.0582. The number of rotatable bonds is 4. The molecule has 6 nitrogen and oxygen atoms in total. The van der Waals surface area contributed by atoms with E-state index in [0.717, 1.165) is 19.3 Å². The molecule has 0 aliphatic heterocycles. The van der Waals surface area contributed by atoms with Crippen molar-refractivity contribution in [1.82, 2.24) is 5.32 Å². The van der Waals surface area contributed by atoms with Crippen molar-refractivity contribution in [2.75, 3.05) is 13.2 Å². The maximum Gasteiger partial charge on any atom is 0.404 e. The fraction of sp³-hybridized carbons (Fsp3) is 0.818. The molecule has 0 radical (unpaired) electrons. The highest BCUT2D eigenvalue weighted by atomic mass is 16.5. The van der Waals surface area contributed by atoms with Gasteiger partial charge in [0.15, 0.2) is 0 Å². The van der Waals surface area contributed by atoms with Gasteiger partial charge in [-0.25, -0.2) is 4.79 Å². The van der Waals surface area contributed by atoms with E-state index in [0.29, 0.717) is 5.92 Å². The SMILES string of the molecule is CC1CCC(N)C(C(=O)NCCOC(N)=O)C1. The molecule has 17 heavy (non-hydrogen) atoms. The summed E-state index contributed by atoms with van der Waals surface area (Å²) in [7, 11) is 0. The van der Waals surface area contributed by atoms with E-state index in [9.17, 15) is 9.59 Å². The van der Waals surface area contributed by atoms with E-state index in [4.69, 9.17) is 11.5 Å². The summed E-state index contributed by atoms with van der Waals surface area (Å²) in [5, 5.41) is 2.71. The van der Waals surface area contributed by atoms with E-state index >= 15 is 0 Å². The lowest BCUT2D eigenvalue weighted by molar-refractivity contribution is -0.127. The lowest BCUT2D eigenvalue weighted by atomic mass is 9.79. The minimum Gasteiger partial charge on any atom is -0.448 e. The van der Waals surface area contributed by atoms with Crippen LogP contribution in [0, 0.1) is 11.8 Å². The van der Waals surface area contributed by atoms with Gasteiger partial charge in [0, 0.05) is 6.04 Å². The molecule has 6 heteroatoms. The van der Waals surface area contributed by atoms with Gasteiger partial charge in [0.1, 0.15) is 6.61 Å². The summed E-state index contributed by atoms with van der Waals surface area (Å²) < 4.78 is 4.52. The van der Waals surface area contributed by atoms with Crippen LogP contribution >= 0.6 is 0 Å². The average molecular weight is 243 g/mol. The lowest BCUT2D eigenvalue weighted by Gasteiger charge is -2.31. The molecule has 0 spiro atoms. The third-order valence-corrected chi connectivity index (χ3v) is 3.15. The fourth-order valence-corrected chi connectivity index (χ4v) is 2.16. The van der Waals surface area contributed by atoms with Crippen LogP contribution in [0.5, 0.6) is 0 Å². The summed E-state index contributed by atoms with van der Waals surface area (Å²) in [6.07, 6.45) is 1.96. The second-order valence-corrected chi connectivity index (χ2v) is 4.65. The van der Waals surface area contributed by atoms with Crippen molar-refractivity contribution in [3.8, 4) is 0 Å². The van der Waals surface area contributed by atoms with E-state index in [1.54, 1.807) is 0 Å². The molecule has 0 aromatic rings. The topological polar surface area (TPSA) is 107 Å². The van der Waals surface area contributed by atoms with Gasteiger partial charge in [-0.3, -0.25) is 4.79 Å². The first-order valence-corrected chi connectivity index (χ1v) is 5.96. The monoisotopic (exact) mass is 243 g/mol. The predicted octanol–water partition coefficient (Wildman–Crippen LogP) is -0.0386. The van der Waals surface area contributed by atoms with E-state index in [1.807, 2.05) is 0 Å². The molecule has 1 saturated carbocycles. The Kier molecular flexibility index (Phi) is 5.21.